The molecule has 1 saturated heterocycles. The molecular formula is C35H43FN8O4S. The predicted molar refractivity (Wildman–Crippen MR) is 183 cm³/mol. The normalized spacial score (nSPS) is 21.9. The van der Waals surface area contributed by atoms with E-state index in [9.17, 15) is 19.2 Å². The Morgan fingerprint density at radius 2 is 1.84 bits per heavy atom. The highest BCUT2D eigenvalue weighted by molar-refractivity contribution is 7.11. The van der Waals surface area contributed by atoms with Crippen LogP contribution in [0.2, 0.25) is 0 Å². The molecule has 1 unspecified atom stereocenters. The maximum atomic E-state index is 15.8. The van der Waals surface area contributed by atoms with Gasteiger partial charge in [-0.25, -0.2) is 4.39 Å². The largest absolute Gasteiger partial charge is 0.343 e. The number of rotatable bonds is 11. The molecule has 2 fully saturated rings. The van der Waals surface area contributed by atoms with Crippen LogP contribution < -0.4 is 16.0 Å². The Morgan fingerprint density at radius 1 is 1.06 bits per heavy atom. The van der Waals surface area contributed by atoms with Crippen LogP contribution in [0.25, 0.3) is 0 Å². The average molecular weight is 691 g/mol. The molecule has 49 heavy (non-hydrogen) atoms. The lowest BCUT2D eigenvalue weighted by molar-refractivity contribution is -0.134. The van der Waals surface area contributed by atoms with E-state index in [2.05, 4.69) is 30.9 Å². The maximum Gasteiger partial charge on any atom is 0.270 e. The van der Waals surface area contributed by atoms with Gasteiger partial charge in [0, 0.05) is 45.3 Å². The van der Waals surface area contributed by atoms with Crippen LogP contribution in [0.1, 0.15) is 64.8 Å². The van der Waals surface area contributed by atoms with Crippen molar-refractivity contribution in [2.75, 3.05) is 38.5 Å². The number of aryl methyl sites for hydroxylation is 1. The van der Waals surface area contributed by atoms with Crippen LogP contribution in [0.15, 0.2) is 54.3 Å². The quantitative estimate of drug-likeness (QED) is 0.262. The number of aromatic nitrogens is 3. The monoisotopic (exact) mass is 690 g/mol. The third-order valence-corrected chi connectivity index (χ3v) is 10.9. The average Bonchev–Trinajstić information content (AvgIpc) is 3.82. The lowest BCUT2D eigenvalue weighted by Crippen LogP contribution is -2.60. The molecular weight excluding hydrogens is 648 g/mol. The summed E-state index contributed by atoms with van der Waals surface area (Å²) in [5.41, 5.74) is 1.43. The molecule has 3 heterocycles. The Morgan fingerprint density at radius 3 is 2.49 bits per heavy atom. The van der Waals surface area contributed by atoms with Crippen LogP contribution in [-0.4, -0.2) is 93.5 Å². The number of hydrogen-bond donors (Lipinski definition) is 3. The minimum absolute atomic E-state index is 0.00834. The van der Waals surface area contributed by atoms with E-state index in [-0.39, 0.29) is 35.7 Å². The molecule has 3 N–H and O–H groups in total. The number of thiazole rings is 1. The number of carbonyl (C=O) groups is 4. The third-order valence-electron chi connectivity index (χ3n) is 10.1. The van der Waals surface area contributed by atoms with Gasteiger partial charge in [0.25, 0.3) is 11.8 Å². The van der Waals surface area contributed by atoms with Crippen LogP contribution in [0.4, 0.5) is 10.1 Å². The number of carbonyl (C=O) groups excluding carboxylic acids is 4. The van der Waals surface area contributed by atoms with Crippen LogP contribution in [-0.2, 0) is 22.6 Å². The summed E-state index contributed by atoms with van der Waals surface area (Å²) < 4.78 is 17.4. The van der Waals surface area contributed by atoms with Gasteiger partial charge < -0.3 is 25.8 Å². The van der Waals surface area contributed by atoms with Crippen molar-refractivity contribution in [2.45, 2.75) is 64.1 Å². The van der Waals surface area contributed by atoms with Gasteiger partial charge >= 0.3 is 0 Å². The molecule has 0 spiro atoms. The summed E-state index contributed by atoms with van der Waals surface area (Å²) in [5, 5.41) is 12.9. The van der Waals surface area contributed by atoms with Gasteiger partial charge in [-0.3, -0.25) is 28.8 Å². The van der Waals surface area contributed by atoms with Crippen molar-refractivity contribution in [3.05, 3.63) is 76.3 Å². The Labute approximate surface area is 289 Å². The number of nitrogens with zero attached hydrogens (tertiary/aromatic N) is 5. The number of nitrogens with one attached hydrogen (secondary N) is 3. The Balaban J connectivity index is 1.19. The van der Waals surface area contributed by atoms with E-state index in [1.54, 1.807) is 33.4 Å². The molecule has 2 aromatic heterocycles. The summed E-state index contributed by atoms with van der Waals surface area (Å²) in [7, 11) is 1.99. The molecule has 4 amide bonds. The zero-order valence-corrected chi connectivity index (χ0v) is 28.7. The molecule has 3 atom stereocenters. The van der Waals surface area contributed by atoms with Gasteiger partial charge in [0.2, 0.25) is 11.8 Å². The molecule has 1 aliphatic heterocycles. The lowest BCUT2D eigenvalue weighted by Gasteiger charge is -2.48. The van der Waals surface area contributed by atoms with Gasteiger partial charge in [0.15, 0.2) is 0 Å². The minimum Gasteiger partial charge on any atom is -0.343 e. The number of halogens is 1. The van der Waals surface area contributed by atoms with Gasteiger partial charge in [0.1, 0.15) is 22.4 Å². The number of likely N-dealkylation sites (N-methyl/N-ethyl adjacent to an activating group) is 1. The van der Waals surface area contributed by atoms with Crippen LogP contribution in [0, 0.1) is 17.2 Å². The molecule has 0 radical (unpaired) electrons. The molecule has 3 aromatic rings. The molecule has 2 aliphatic carbocycles. The van der Waals surface area contributed by atoms with Gasteiger partial charge in [-0.05, 0) is 56.5 Å². The van der Waals surface area contributed by atoms with Gasteiger partial charge in [-0.2, -0.15) is 5.10 Å². The molecule has 0 bridgehead atoms. The zero-order valence-electron chi connectivity index (χ0n) is 27.9. The van der Waals surface area contributed by atoms with Gasteiger partial charge in [-0.1, -0.05) is 37.5 Å². The van der Waals surface area contributed by atoms with Crippen molar-refractivity contribution in [1.82, 2.24) is 35.2 Å². The Kier molecular flexibility index (Phi) is 10.5. The van der Waals surface area contributed by atoms with Gasteiger partial charge in [0.05, 0.1) is 28.9 Å². The van der Waals surface area contributed by atoms with Crippen LogP contribution >= 0.6 is 11.3 Å². The Hall–Kier alpha value is -4.43. The van der Waals surface area contributed by atoms with E-state index in [4.69, 9.17) is 0 Å². The highest BCUT2D eigenvalue weighted by Gasteiger charge is 2.54. The summed E-state index contributed by atoms with van der Waals surface area (Å²) in [6.45, 7) is 4.93. The summed E-state index contributed by atoms with van der Waals surface area (Å²) in [6.07, 6.45) is 11.5. The van der Waals surface area contributed by atoms with E-state index >= 15 is 4.39 Å². The van der Waals surface area contributed by atoms with E-state index in [1.807, 2.05) is 26.1 Å². The van der Waals surface area contributed by atoms with Crippen molar-refractivity contribution in [1.29, 1.82) is 0 Å². The molecule has 14 heteroatoms. The van der Waals surface area contributed by atoms with Crippen molar-refractivity contribution in [2.24, 2.45) is 11.3 Å². The van der Waals surface area contributed by atoms with Crippen molar-refractivity contribution >= 4 is 40.7 Å². The highest BCUT2D eigenvalue weighted by Crippen LogP contribution is 2.48. The molecule has 3 aliphatic rings. The number of piperazine rings is 1. The van der Waals surface area contributed by atoms with E-state index < -0.39 is 29.2 Å². The first-order valence-electron chi connectivity index (χ1n) is 17.0. The summed E-state index contributed by atoms with van der Waals surface area (Å²) in [5.74, 6) is -2.01. The topological polar surface area (TPSA) is 142 Å². The lowest BCUT2D eigenvalue weighted by atomic mass is 9.58. The van der Waals surface area contributed by atoms with Crippen LogP contribution in [0.3, 0.4) is 0 Å². The van der Waals surface area contributed by atoms with Crippen molar-refractivity contribution < 1.29 is 23.6 Å². The Bertz CT molecular complexity index is 1700. The molecule has 1 aromatic carbocycles. The summed E-state index contributed by atoms with van der Waals surface area (Å²) in [6, 6.07) is 4.63. The second kappa shape index (κ2) is 15.0. The third kappa shape index (κ3) is 7.30. The zero-order chi connectivity index (χ0) is 34.5. The van der Waals surface area contributed by atoms with E-state index in [1.165, 1.54) is 29.7 Å². The van der Waals surface area contributed by atoms with Crippen molar-refractivity contribution in [3.8, 4) is 0 Å². The van der Waals surface area contributed by atoms with E-state index in [0.717, 1.165) is 45.2 Å². The standard InChI is InChI=1S/C35H43FN8O4S/c1-3-44-28(12-14-38-44)31(45)41-30-11-13-35(30,24-7-5-4-6-8-24)34(48)40-26-10-9-23(19-25(26)36)20-27(39-32(46)29-21-37-22-49-29)33(47)43-17-15-42(2)16-18-43/h9-14,19,21-22,24,27,30H,3-8,15-18,20H2,1-2H3,(H,39,46)(H,40,48)(H,41,45)/t27-,30?,35+/m1/s1. The molecule has 12 nitrogen and oxygen atoms in total. The summed E-state index contributed by atoms with van der Waals surface area (Å²) in [4.78, 5) is 62.2. The number of amides is 4. The van der Waals surface area contributed by atoms with E-state index in [0.29, 0.717) is 35.8 Å². The maximum absolute atomic E-state index is 15.8. The predicted octanol–water partition coefficient (Wildman–Crippen LogP) is 3.49. The number of hydrogen-bond acceptors (Lipinski definition) is 8. The smallest absolute Gasteiger partial charge is 0.270 e. The first kappa shape index (κ1) is 34.4. The highest BCUT2D eigenvalue weighted by atomic mass is 32.1. The fourth-order valence-electron chi connectivity index (χ4n) is 7.19. The fourth-order valence-corrected chi connectivity index (χ4v) is 7.71. The first-order chi connectivity index (χ1) is 23.7. The molecule has 260 valence electrons. The SMILES string of the molecule is CCn1nccc1C(=O)NC1C=C[C@]1(C(=O)Nc1ccc(C[C@@H](NC(=O)c2cncs2)C(=O)N2CCN(C)CC2)cc1F)C1CCCCC1. The fraction of sp³-hybridized carbons (Fsp3) is 0.486. The first-order valence-corrected chi connectivity index (χ1v) is 17.9. The second-order valence-electron chi connectivity index (χ2n) is 13.1. The molecule has 1 saturated carbocycles. The van der Waals surface area contributed by atoms with Gasteiger partial charge in [-0.15, -0.1) is 11.3 Å². The number of anilines is 1. The second-order valence-corrected chi connectivity index (χ2v) is 14.0. The van der Waals surface area contributed by atoms with Crippen molar-refractivity contribution in [3.63, 3.8) is 0 Å². The molecule has 6 rings (SSSR count). The summed E-state index contributed by atoms with van der Waals surface area (Å²) >= 11 is 1.17. The van der Waals surface area contributed by atoms with Crippen LogP contribution in [0.5, 0.6) is 0 Å². The minimum atomic E-state index is -1.03. The number of benzene rings is 1.